The fourth-order valence-electron chi connectivity index (χ4n) is 1.06. The van der Waals surface area contributed by atoms with Crippen LogP contribution in [-0.4, -0.2) is 21.0 Å². The van der Waals surface area contributed by atoms with Gasteiger partial charge in [0.05, 0.1) is 5.69 Å². The summed E-state index contributed by atoms with van der Waals surface area (Å²) in [5.74, 6) is -0.711. The Balaban J connectivity index is 3.11. The number of hydrogen-bond acceptors (Lipinski definition) is 3. The first-order valence-corrected chi connectivity index (χ1v) is 4.92. The Morgan fingerprint density at radius 3 is 2.53 bits per heavy atom. The van der Waals surface area contributed by atoms with Crippen LogP contribution in [0.15, 0.2) is 6.07 Å². The molecule has 0 aliphatic carbocycles. The number of halogens is 1. The van der Waals surface area contributed by atoms with E-state index in [4.69, 9.17) is 16.7 Å². The zero-order chi connectivity index (χ0) is 11.6. The fraction of sp³-hybridized carbons (Fsp3) is 0.500. The van der Waals surface area contributed by atoms with Gasteiger partial charge in [-0.25, -0.2) is 9.97 Å². The molecule has 82 valence electrons. The number of aromatic nitrogens is 2. The van der Waals surface area contributed by atoms with Gasteiger partial charge in [0.15, 0.2) is 0 Å². The molecular weight excluding hydrogens is 216 g/mol. The van der Waals surface area contributed by atoms with Gasteiger partial charge in [-0.3, -0.25) is 4.79 Å². The predicted octanol–water partition coefficient (Wildman–Crippen LogP) is 2.05. The zero-order valence-corrected chi connectivity index (χ0v) is 9.67. The van der Waals surface area contributed by atoms with Crippen molar-refractivity contribution >= 4 is 17.6 Å². The molecule has 0 atom stereocenters. The van der Waals surface area contributed by atoms with Crippen LogP contribution in [0.1, 0.15) is 32.3 Å². The highest BCUT2D eigenvalue weighted by atomic mass is 35.5. The third-order valence-electron chi connectivity index (χ3n) is 1.82. The molecule has 0 amide bonds. The van der Waals surface area contributed by atoms with Crippen LogP contribution in [0, 0.1) is 0 Å². The highest BCUT2D eigenvalue weighted by Crippen LogP contribution is 2.22. The van der Waals surface area contributed by atoms with Gasteiger partial charge in [-0.2, -0.15) is 0 Å². The van der Waals surface area contributed by atoms with E-state index < -0.39 is 5.97 Å². The number of aliphatic carboxylic acids is 1. The molecule has 1 rings (SSSR count). The second-order valence-corrected chi connectivity index (χ2v) is 4.70. The molecule has 0 spiro atoms. The molecule has 4 nitrogen and oxygen atoms in total. The molecular formula is C10H13ClN2O2. The summed E-state index contributed by atoms with van der Waals surface area (Å²) < 4.78 is 0. The van der Waals surface area contributed by atoms with Crippen molar-refractivity contribution in [2.75, 3.05) is 0 Å². The van der Waals surface area contributed by atoms with E-state index in [1.54, 1.807) is 6.07 Å². The molecule has 0 saturated carbocycles. The van der Waals surface area contributed by atoms with Gasteiger partial charge in [-0.1, -0.05) is 32.4 Å². The van der Waals surface area contributed by atoms with Crippen molar-refractivity contribution in [1.82, 2.24) is 9.97 Å². The molecule has 5 heteroatoms. The Morgan fingerprint density at radius 2 is 2.07 bits per heavy atom. The second-order valence-electron chi connectivity index (χ2n) is 4.31. The lowest BCUT2D eigenvalue weighted by atomic mass is 9.92. The maximum absolute atomic E-state index is 10.5. The van der Waals surface area contributed by atoms with Crippen molar-refractivity contribution in [3.05, 3.63) is 22.7 Å². The van der Waals surface area contributed by atoms with E-state index in [-0.39, 0.29) is 22.8 Å². The Labute approximate surface area is 93.3 Å². The third kappa shape index (κ3) is 3.47. The largest absolute Gasteiger partial charge is 0.481 e. The normalized spacial score (nSPS) is 11.5. The highest BCUT2D eigenvalue weighted by Gasteiger charge is 2.18. The van der Waals surface area contributed by atoms with Crippen LogP contribution in [0.4, 0.5) is 0 Å². The van der Waals surface area contributed by atoms with Crippen molar-refractivity contribution in [3.8, 4) is 0 Å². The van der Waals surface area contributed by atoms with Crippen molar-refractivity contribution < 1.29 is 9.90 Å². The minimum absolute atomic E-state index is 0.167. The van der Waals surface area contributed by atoms with Gasteiger partial charge >= 0.3 is 5.97 Å². The number of hydrogen-bond donors (Lipinski definition) is 1. The topological polar surface area (TPSA) is 63.1 Å². The van der Waals surface area contributed by atoms with Crippen molar-refractivity contribution in [1.29, 1.82) is 0 Å². The van der Waals surface area contributed by atoms with E-state index >= 15 is 0 Å². The Hall–Kier alpha value is -1.16. The number of rotatable bonds is 2. The smallest absolute Gasteiger partial charge is 0.311 e. The summed E-state index contributed by atoms with van der Waals surface area (Å²) >= 11 is 5.80. The lowest BCUT2D eigenvalue weighted by Crippen LogP contribution is -2.16. The minimum Gasteiger partial charge on any atom is -0.481 e. The number of nitrogens with zero attached hydrogens (tertiary/aromatic N) is 2. The van der Waals surface area contributed by atoms with Crippen LogP contribution < -0.4 is 0 Å². The first-order chi connectivity index (χ1) is 6.79. The predicted molar refractivity (Wildman–Crippen MR) is 57.1 cm³/mol. The summed E-state index contributed by atoms with van der Waals surface area (Å²) in [6.45, 7) is 5.95. The zero-order valence-electron chi connectivity index (χ0n) is 8.91. The van der Waals surface area contributed by atoms with Crippen molar-refractivity contribution in [3.63, 3.8) is 0 Å². The maximum atomic E-state index is 10.5. The molecule has 0 bridgehead atoms. The quantitative estimate of drug-likeness (QED) is 0.787. The van der Waals surface area contributed by atoms with Crippen molar-refractivity contribution in [2.24, 2.45) is 0 Å². The third-order valence-corrected chi connectivity index (χ3v) is 2.01. The Morgan fingerprint density at radius 1 is 1.47 bits per heavy atom. The molecule has 0 radical (unpaired) electrons. The molecule has 15 heavy (non-hydrogen) atoms. The molecule has 1 N–H and O–H groups in total. The molecule has 0 aromatic carbocycles. The lowest BCUT2D eigenvalue weighted by molar-refractivity contribution is -0.136. The molecule has 0 aliphatic heterocycles. The fourth-order valence-corrected chi connectivity index (χ4v) is 1.26. The van der Waals surface area contributed by atoms with E-state index in [1.165, 1.54) is 0 Å². The standard InChI is InChI=1S/C10H13ClN2O2/c1-10(2,3)6-4-7(11)13-8(12-6)5-9(14)15/h4H,5H2,1-3H3,(H,14,15). The monoisotopic (exact) mass is 228 g/mol. The van der Waals surface area contributed by atoms with Crippen LogP contribution in [0.25, 0.3) is 0 Å². The van der Waals surface area contributed by atoms with E-state index in [1.807, 2.05) is 20.8 Å². The number of carbonyl (C=O) groups is 1. The summed E-state index contributed by atoms with van der Waals surface area (Å²) in [4.78, 5) is 18.5. The molecule has 0 saturated heterocycles. The van der Waals surface area contributed by atoms with E-state index in [2.05, 4.69) is 9.97 Å². The Kier molecular flexibility index (Phi) is 3.29. The first-order valence-electron chi connectivity index (χ1n) is 4.55. The van der Waals surface area contributed by atoms with Gasteiger partial charge in [0, 0.05) is 5.41 Å². The lowest BCUT2D eigenvalue weighted by Gasteiger charge is -2.18. The molecule has 0 unspecified atom stereocenters. The number of carboxylic acids is 1. The van der Waals surface area contributed by atoms with E-state index in [0.29, 0.717) is 0 Å². The van der Waals surface area contributed by atoms with Gasteiger partial charge < -0.3 is 5.11 Å². The van der Waals surface area contributed by atoms with E-state index in [0.717, 1.165) is 5.69 Å². The van der Waals surface area contributed by atoms with Crippen LogP contribution in [-0.2, 0) is 16.6 Å². The summed E-state index contributed by atoms with van der Waals surface area (Å²) in [7, 11) is 0. The average molecular weight is 229 g/mol. The molecule has 1 aromatic heterocycles. The van der Waals surface area contributed by atoms with Crippen molar-refractivity contribution in [2.45, 2.75) is 32.6 Å². The summed E-state index contributed by atoms with van der Waals surface area (Å²) in [5, 5.41) is 8.91. The minimum atomic E-state index is -0.961. The molecule has 0 aliphatic rings. The maximum Gasteiger partial charge on any atom is 0.311 e. The Bertz CT molecular complexity index is 385. The molecule has 1 aromatic rings. The van der Waals surface area contributed by atoms with Gasteiger partial charge in [-0.15, -0.1) is 0 Å². The second kappa shape index (κ2) is 4.14. The summed E-state index contributed by atoms with van der Waals surface area (Å²) in [5.41, 5.74) is 0.582. The first kappa shape index (κ1) is 11.9. The van der Waals surface area contributed by atoms with Crippen LogP contribution in [0.5, 0.6) is 0 Å². The molecule has 1 heterocycles. The van der Waals surface area contributed by atoms with Crippen LogP contribution in [0.2, 0.25) is 5.15 Å². The SMILES string of the molecule is CC(C)(C)c1cc(Cl)nc(CC(=O)O)n1. The van der Waals surface area contributed by atoms with Crippen LogP contribution in [0.3, 0.4) is 0 Å². The number of carboxylic acid groups (broad SMARTS) is 1. The average Bonchev–Trinajstić information content (AvgIpc) is 1.99. The van der Waals surface area contributed by atoms with Gasteiger partial charge in [-0.05, 0) is 6.07 Å². The van der Waals surface area contributed by atoms with Gasteiger partial charge in [0.25, 0.3) is 0 Å². The highest BCUT2D eigenvalue weighted by molar-refractivity contribution is 6.29. The van der Waals surface area contributed by atoms with Gasteiger partial charge in [0.1, 0.15) is 17.4 Å². The summed E-state index contributed by atoms with van der Waals surface area (Å²) in [6, 6.07) is 1.66. The summed E-state index contributed by atoms with van der Waals surface area (Å²) in [6.07, 6.45) is -0.205. The van der Waals surface area contributed by atoms with Crippen LogP contribution >= 0.6 is 11.6 Å². The van der Waals surface area contributed by atoms with E-state index in [9.17, 15) is 4.79 Å². The van der Waals surface area contributed by atoms with Gasteiger partial charge in [0.2, 0.25) is 0 Å². The molecule has 0 fully saturated rings.